The van der Waals surface area contributed by atoms with Gasteiger partial charge in [-0.05, 0) is 12.1 Å². The summed E-state index contributed by atoms with van der Waals surface area (Å²) in [5, 5.41) is 1.48. The van der Waals surface area contributed by atoms with Crippen LogP contribution in [-0.4, -0.2) is 25.8 Å². The molecule has 0 saturated heterocycles. The van der Waals surface area contributed by atoms with E-state index in [0.717, 1.165) is 0 Å². The molecule has 108 valence electrons. The Morgan fingerprint density at radius 2 is 1.45 bits per heavy atom. The van der Waals surface area contributed by atoms with E-state index in [9.17, 15) is 4.79 Å². The Morgan fingerprint density at radius 1 is 0.864 bits per heavy atom. The number of rotatable bonds is 4. The molecular weight excluding hydrogens is 280 g/mol. The Bertz CT molecular complexity index is 696. The summed E-state index contributed by atoms with van der Waals surface area (Å²) in [6, 6.07) is 12.3. The van der Waals surface area contributed by atoms with Gasteiger partial charge < -0.3 is 0 Å². The lowest BCUT2D eigenvalue weighted by Crippen LogP contribution is -2.39. The lowest BCUT2D eigenvalue weighted by molar-refractivity contribution is 0.0953. The average Bonchev–Trinajstić information content (AvgIpc) is 2.62. The van der Waals surface area contributed by atoms with Gasteiger partial charge in [0.15, 0.2) is 11.6 Å². The maximum atomic E-state index is 12.4. The van der Waals surface area contributed by atoms with Crippen molar-refractivity contribution in [1.82, 2.24) is 25.4 Å². The molecule has 7 nitrogen and oxygen atoms in total. The van der Waals surface area contributed by atoms with Gasteiger partial charge in [0.2, 0.25) is 0 Å². The monoisotopic (exact) mass is 292 g/mol. The second-order valence-corrected chi connectivity index (χ2v) is 4.28. The number of carbonyl (C=O) groups excluding carboxylic acids is 1. The summed E-state index contributed by atoms with van der Waals surface area (Å²) in [5.41, 5.74) is 3.32. The lowest BCUT2D eigenvalue weighted by Gasteiger charge is -2.22. The van der Waals surface area contributed by atoms with Crippen LogP contribution in [0.15, 0.2) is 67.5 Å². The van der Waals surface area contributed by atoms with Gasteiger partial charge >= 0.3 is 0 Å². The molecule has 0 aliphatic heterocycles. The summed E-state index contributed by atoms with van der Waals surface area (Å²) >= 11 is 0. The third-order valence-corrected chi connectivity index (χ3v) is 2.84. The molecule has 3 rings (SSSR count). The normalized spacial score (nSPS) is 10.0. The standard InChI is InChI=1S/C15H12N6O/c22-15(12-4-2-1-3-5-12)20-21(13-6-8-16-10-18-13)14-7-9-17-11-19-14/h1-11H,(H,20,22). The zero-order valence-electron chi connectivity index (χ0n) is 11.5. The van der Waals surface area contributed by atoms with Crippen molar-refractivity contribution in [3.05, 3.63) is 73.1 Å². The molecule has 0 unspecified atom stereocenters. The highest BCUT2D eigenvalue weighted by Crippen LogP contribution is 2.17. The van der Waals surface area contributed by atoms with Crippen molar-refractivity contribution < 1.29 is 4.79 Å². The summed E-state index contributed by atoms with van der Waals surface area (Å²) in [5.74, 6) is 0.730. The molecule has 1 N–H and O–H groups in total. The number of amides is 1. The van der Waals surface area contributed by atoms with E-state index in [4.69, 9.17) is 0 Å². The molecule has 0 aliphatic carbocycles. The Morgan fingerprint density at radius 3 is 1.95 bits per heavy atom. The van der Waals surface area contributed by atoms with Gasteiger partial charge in [-0.1, -0.05) is 18.2 Å². The van der Waals surface area contributed by atoms with Crippen molar-refractivity contribution in [3.63, 3.8) is 0 Å². The molecule has 0 fully saturated rings. The summed E-state index contributed by atoms with van der Waals surface area (Å²) in [7, 11) is 0. The first kappa shape index (κ1) is 13.6. The minimum absolute atomic E-state index is 0.266. The summed E-state index contributed by atoms with van der Waals surface area (Å²) in [4.78, 5) is 28.4. The molecule has 2 aromatic heterocycles. The number of hydrogen-bond acceptors (Lipinski definition) is 6. The number of nitrogens with zero attached hydrogens (tertiary/aromatic N) is 5. The lowest BCUT2D eigenvalue weighted by atomic mass is 10.2. The fourth-order valence-corrected chi connectivity index (χ4v) is 1.82. The van der Waals surface area contributed by atoms with Crippen LogP contribution in [-0.2, 0) is 0 Å². The van der Waals surface area contributed by atoms with Crippen molar-refractivity contribution in [1.29, 1.82) is 0 Å². The SMILES string of the molecule is O=C(NN(c1ccncn1)c1ccncn1)c1ccccc1. The Balaban J connectivity index is 1.91. The second-order valence-electron chi connectivity index (χ2n) is 4.28. The van der Waals surface area contributed by atoms with Crippen molar-refractivity contribution in [2.75, 3.05) is 5.01 Å². The first-order chi connectivity index (χ1) is 10.8. The van der Waals surface area contributed by atoms with E-state index in [0.29, 0.717) is 17.2 Å². The van der Waals surface area contributed by atoms with Crippen molar-refractivity contribution in [2.45, 2.75) is 0 Å². The van der Waals surface area contributed by atoms with Gasteiger partial charge in [-0.2, -0.15) is 0 Å². The number of carbonyl (C=O) groups is 1. The molecule has 7 heteroatoms. The zero-order valence-corrected chi connectivity index (χ0v) is 11.5. The van der Waals surface area contributed by atoms with Crippen LogP contribution in [0.1, 0.15) is 10.4 Å². The summed E-state index contributed by atoms with van der Waals surface area (Å²) < 4.78 is 0. The molecule has 0 radical (unpaired) electrons. The molecule has 0 saturated carbocycles. The van der Waals surface area contributed by atoms with Crippen LogP contribution in [0.5, 0.6) is 0 Å². The minimum Gasteiger partial charge on any atom is -0.267 e. The van der Waals surface area contributed by atoms with Gasteiger partial charge in [-0.3, -0.25) is 10.2 Å². The largest absolute Gasteiger partial charge is 0.270 e. The van der Waals surface area contributed by atoms with Crippen LogP contribution in [0.25, 0.3) is 0 Å². The van der Waals surface area contributed by atoms with Gasteiger partial charge in [0.1, 0.15) is 12.7 Å². The first-order valence-corrected chi connectivity index (χ1v) is 6.53. The highest BCUT2D eigenvalue weighted by molar-refractivity contribution is 5.95. The average molecular weight is 292 g/mol. The number of hydrogen-bond donors (Lipinski definition) is 1. The van der Waals surface area contributed by atoms with Gasteiger partial charge in [-0.25, -0.2) is 24.9 Å². The smallest absolute Gasteiger partial charge is 0.267 e. The van der Waals surface area contributed by atoms with Gasteiger partial charge in [0.05, 0.1) is 0 Å². The zero-order chi connectivity index (χ0) is 15.2. The first-order valence-electron chi connectivity index (χ1n) is 6.53. The molecule has 22 heavy (non-hydrogen) atoms. The number of hydrazine groups is 1. The number of benzene rings is 1. The number of nitrogens with one attached hydrogen (secondary N) is 1. The molecule has 0 aliphatic rings. The molecule has 1 aromatic carbocycles. The summed E-state index contributed by atoms with van der Waals surface area (Å²) in [6.45, 7) is 0. The second kappa shape index (κ2) is 6.40. The maximum Gasteiger partial charge on any atom is 0.270 e. The molecule has 0 spiro atoms. The predicted molar refractivity (Wildman–Crippen MR) is 80.1 cm³/mol. The van der Waals surface area contributed by atoms with Crippen molar-refractivity contribution in [3.8, 4) is 0 Å². The fraction of sp³-hybridized carbons (Fsp3) is 0. The van der Waals surface area contributed by atoms with E-state index in [-0.39, 0.29) is 5.91 Å². The van der Waals surface area contributed by atoms with Gasteiger partial charge in [0, 0.05) is 30.1 Å². The van der Waals surface area contributed by atoms with Crippen LogP contribution >= 0.6 is 0 Å². The van der Waals surface area contributed by atoms with Crippen LogP contribution < -0.4 is 10.4 Å². The van der Waals surface area contributed by atoms with Gasteiger partial charge in [-0.15, -0.1) is 0 Å². The maximum absolute atomic E-state index is 12.4. The highest BCUT2D eigenvalue weighted by Gasteiger charge is 2.15. The summed E-state index contributed by atoms with van der Waals surface area (Å²) in [6.07, 6.45) is 5.98. The van der Waals surface area contributed by atoms with E-state index in [1.807, 2.05) is 6.07 Å². The van der Waals surface area contributed by atoms with Crippen LogP contribution in [0.2, 0.25) is 0 Å². The molecule has 3 aromatic rings. The topological polar surface area (TPSA) is 83.9 Å². The fourth-order valence-electron chi connectivity index (χ4n) is 1.82. The Kier molecular flexibility index (Phi) is 3.96. The van der Waals surface area contributed by atoms with Crippen LogP contribution in [0.3, 0.4) is 0 Å². The molecule has 2 heterocycles. The molecule has 0 atom stereocenters. The van der Waals surface area contributed by atoms with E-state index in [1.165, 1.54) is 17.7 Å². The number of anilines is 2. The van der Waals surface area contributed by atoms with E-state index in [1.54, 1.807) is 48.8 Å². The van der Waals surface area contributed by atoms with E-state index in [2.05, 4.69) is 25.4 Å². The van der Waals surface area contributed by atoms with Crippen LogP contribution in [0.4, 0.5) is 11.6 Å². The molecular formula is C15H12N6O. The minimum atomic E-state index is -0.266. The Labute approximate surface area is 126 Å². The number of aromatic nitrogens is 4. The quantitative estimate of drug-likeness (QED) is 0.737. The van der Waals surface area contributed by atoms with Crippen LogP contribution in [0, 0.1) is 0 Å². The third-order valence-electron chi connectivity index (χ3n) is 2.84. The van der Waals surface area contributed by atoms with E-state index >= 15 is 0 Å². The van der Waals surface area contributed by atoms with Crippen molar-refractivity contribution >= 4 is 17.5 Å². The van der Waals surface area contributed by atoms with E-state index < -0.39 is 0 Å². The van der Waals surface area contributed by atoms with Gasteiger partial charge in [0.25, 0.3) is 5.91 Å². The van der Waals surface area contributed by atoms with Crippen molar-refractivity contribution in [2.24, 2.45) is 0 Å². The Hall–Kier alpha value is -3.35. The predicted octanol–water partition coefficient (Wildman–Crippen LogP) is 1.75. The third kappa shape index (κ3) is 3.04. The highest BCUT2D eigenvalue weighted by atomic mass is 16.2. The molecule has 1 amide bonds. The molecule has 0 bridgehead atoms.